The Morgan fingerprint density at radius 3 is 2.48 bits per heavy atom. The first kappa shape index (κ1) is 16.9. The second-order valence-electron chi connectivity index (χ2n) is 4.44. The predicted molar refractivity (Wildman–Crippen MR) is 67.7 cm³/mol. The number of hydrogen-bond acceptors (Lipinski definition) is 3. The largest absolute Gasteiger partial charge is 0.480 e. The van der Waals surface area contributed by atoms with Crippen molar-refractivity contribution in [1.29, 1.82) is 0 Å². The molecule has 0 saturated heterocycles. The van der Waals surface area contributed by atoms with Crippen LogP contribution in [0.25, 0.3) is 0 Å². The Bertz CT molecular complexity index is 500. The lowest BCUT2D eigenvalue weighted by Crippen LogP contribution is -2.41. The fourth-order valence-corrected chi connectivity index (χ4v) is 1.59. The molecule has 2 N–H and O–H groups in total. The maximum atomic E-state index is 12.4. The number of hydrogen-bond donors (Lipinski definition) is 2. The second-order valence-corrected chi connectivity index (χ2v) is 4.44. The Labute approximate surface area is 119 Å². The molecule has 1 heterocycles. The van der Waals surface area contributed by atoms with Crippen LogP contribution in [0.3, 0.4) is 0 Å². The van der Waals surface area contributed by atoms with E-state index in [1.165, 1.54) is 0 Å². The highest BCUT2D eigenvalue weighted by Gasteiger charge is 2.31. The molecule has 5 nitrogen and oxygen atoms in total. The molecule has 0 aliphatic carbocycles. The van der Waals surface area contributed by atoms with Crippen LogP contribution in [0.5, 0.6) is 0 Å². The zero-order valence-electron chi connectivity index (χ0n) is 11.3. The van der Waals surface area contributed by atoms with Gasteiger partial charge < -0.3 is 10.4 Å². The summed E-state index contributed by atoms with van der Waals surface area (Å²) in [6.45, 7) is 1.87. The van der Waals surface area contributed by atoms with Crippen LogP contribution >= 0.6 is 0 Å². The van der Waals surface area contributed by atoms with Gasteiger partial charge in [-0.3, -0.25) is 9.78 Å². The minimum Gasteiger partial charge on any atom is -0.480 e. The number of carbonyl (C=O) groups excluding carboxylic acids is 1. The van der Waals surface area contributed by atoms with Gasteiger partial charge in [-0.1, -0.05) is 19.8 Å². The van der Waals surface area contributed by atoms with E-state index in [-0.39, 0.29) is 12.1 Å². The molecule has 0 spiro atoms. The van der Waals surface area contributed by atoms with Gasteiger partial charge in [0.05, 0.1) is 5.56 Å². The van der Waals surface area contributed by atoms with Crippen LogP contribution in [0.4, 0.5) is 13.2 Å². The van der Waals surface area contributed by atoms with Gasteiger partial charge in [-0.15, -0.1) is 0 Å². The Balaban J connectivity index is 2.76. The van der Waals surface area contributed by atoms with E-state index in [1.54, 1.807) is 0 Å². The molecule has 116 valence electrons. The third-order valence-electron chi connectivity index (χ3n) is 2.77. The number of nitrogens with one attached hydrogen (secondary N) is 1. The predicted octanol–water partition coefficient (Wildman–Crippen LogP) is 2.47. The summed E-state index contributed by atoms with van der Waals surface area (Å²) >= 11 is 0. The first-order valence-corrected chi connectivity index (χ1v) is 6.32. The summed E-state index contributed by atoms with van der Waals surface area (Å²) in [6, 6.07) is 0.558. The van der Waals surface area contributed by atoms with Gasteiger partial charge in [0.1, 0.15) is 11.7 Å². The van der Waals surface area contributed by atoms with E-state index in [0.29, 0.717) is 12.6 Å². The van der Waals surface area contributed by atoms with Crippen molar-refractivity contribution in [2.24, 2.45) is 0 Å². The molecule has 0 aromatic carbocycles. The highest BCUT2D eigenvalue weighted by Crippen LogP contribution is 2.28. The number of alkyl halides is 3. The van der Waals surface area contributed by atoms with Crippen molar-refractivity contribution < 1.29 is 27.9 Å². The Kier molecular flexibility index (Phi) is 5.69. The zero-order chi connectivity index (χ0) is 16.0. The number of rotatable bonds is 6. The maximum absolute atomic E-state index is 12.4. The van der Waals surface area contributed by atoms with Gasteiger partial charge in [0, 0.05) is 6.20 Å². The Morgan fingerprint density at radius 1 is 1.38 bits per heavy atom. The van der Waals surface area contributed by atoms with Gasteiger partial charge in [-0.25, -0.2) is 4.79 Å². The van der Waals surface area contributed by atoms with Crippen molar-refractivity contribution in [3.05, 3.63) is 29.6 Å². The summed E-state index contributed by atoms with van der Waals surface area (Å²) in [5.74, 6) is -2.00. The average Bonchev–Trinajstić information content (AvgIpc) is 2.42. The molecule has 1 atom stereocenters. The van der Waals surface area contributed by atoms with Crippen molar-refractivity contribution >= 4 is 11.9 Å². The Morgan fingerprint density at radius 2 is 2.05 bits per heavy atom. The van der Waals surface area contributed by atoms with Gasteiger partial charge in [-0.2, -0.15) is 13.2 Å². The van der Waals surface area contributed by atoms with Crippen molar-refractivity contribution in [3.8, 4) is 0 Å². The summed E-state index contributed by atoms with van der Waals surface area (Å²) < 4.78 is 37.1. The molecule has 0 radical (unpaired) electrons. The molecule has 0 aliphatic rings. The van der Waals surface area contributed by atoms with E-state index in [9.17, 15) is 22.8 Å². The van der Waals surface area contributed by atoms with Gasteiger partial charge >= 0.3 is 12.1 Å². The van der Waals surface area contributed by atoms with E-state index in [0.717, 1.165) is 18.6 Å². The van der Waals surface area contributed by atoms with Crippen molar-refractivity contribution in [3.63, 3.8) is 0 Å². The molecular weight excluding hydrogens is 289 g/mol. The molecule has 8 heteroatoms. The van der Waals surface area contributed by atoms with E-state index < -0.39 is 29.7 Å². The molecule has 0 fully saturated rings. The van der Waals surface area contributed by atoms with Crippen LogP contribution in [0.15, 0.2) is 18.3 Å². The standard InChI is InChI=1S/C13H15F3N2O3/c1-2-3-4-10(12(20)21)18-11(19)9-6-5-8(7-17-9)13(14,15)16/h5-7,10H,2-4H2,1H3,(H,18,19)(H,20,21). The summed E-state index contributed by atoms with van der Waals surface area (Å²) in [5.41, 5.74) is -1.23. The maximum Gasteiger partial charge on any atom is 0.417 e. The molecule has 0 aliphatic heterocycles. The van der Waals surface area contributed by atoms with E-state index in [1.807, 2.05) is 6.92 Å². The number of aliphatic carboxylic acids is 1. The third kappa shape index (κ3) is 5.05. The first-order chi connectivity index (χ1) is 9.75. The van der Waals surface area contributed by atoms with E-state index in [2.05, 4.69) is 10.3 Å². The Hall–Kier alpha value is -2.12. The molecular formula is C13H15F3N2O3. The second kappa shape index (κ2) is 7.05. The van der Waals surface area contributed by atoms with Crippen molar-refractivity contribution in [2.45, 2.75) is 38.4 Å². The lowest BCUT2D eigenvalue weighted by molar-refractivity contribution is -0.139. The number of nitrogens with zero attached hydrogens (tertiary/aromatic N) is 1. The van der Waals surface area contributed by atoms with Crippen LogP contribution in [-0.4, -0.2) is 28.0 Å². The molecule has 1 aromatic rings. The smallest absolute Gasteiger partial charge is 0.417 e. The topological polar surface area (TPSA) is 79.3 Å². The quantitative estimate of drug-likeness (QED) is 0.846. The molecule has 0 saturated carbocycles. The minimum absolute atomic E-state index is 0.248. The van der Waals surface area contributed by atoms with Crippen LogP contribution in [0.2, 0.25) is 0 Å². The number of pyridine rings is 1. The van der Waals surface area contributed by atoms with Crippen molar-refractivity contribution in [2.75, 3.05) is 0 Å². The number of carboxylic acid groups (broad SMARTS) is 1. The summed E-state index contributed by atoms with van der Waals surface area (Å²) in [5, 5.41) is 11.2. The molecule has 1 aromatic heterocycles. The fourth-order valence-electron chi connectivity index (χ4n) is 1.59. The summed E-state index contributed by atoms with van der Waals surface area (Å²) in [7, 11) is 0. The van der Waals surface area contributed by atoms with Crippen LogP contribution < -0.4 is 5.32 Å². The van der Waals surface area contributed by atoms with Gasteiger partial charge in [0.2, 0.25) is 0 Å². The average molecular weight is 304 g/mol. The number of amides is 1. The molecule has 0 bridgehead atoms. The van der Waals surface area contributed by atoms with Crippen LogP contribution in [-0.2, 0) is 11.0 Å². The number of unbranched alkanes of at least 4 members (excludes halogenated alkanes) is 1. The van der Waals surface area contributed by atoms with Gasteiger partial charge in [0.15, 0.2) is 0 Å². The first-order valence-electron chi connectivity index (χ1n) is 6.32. The summed E-state index contributed by atoms with van der Waals surface area (Å²) in [6.07, 6.45) is -2.38. The zero-order valence-corrected chi connectivity index (χ0v) is 11.3. The normalized spacial score (nSPS) is 12.8. The van der Waals surface area contributed by atoms with Crippen molar-refractivity contribution in [1.82, 2.24) is 10.3 Å². The van der Waals surface area contributed by atoms with Crippen LogP contribution in [0.1, 0.15) is 42.2 Å². The number of carboxylic acids is 1. The molecule has 1 rings (SSSR count). The highest BCUT2D eigenvalue weighted by atomic mass is 19.4. The van der Waals surface area contributed by atoms with Gasteiger partial charge in [-0.05, 0) is 18.6 Å². The summed E-state index contributed by atoms with van der Waals surface area (Å²) in [4.78, 5) is 26.2. The lowest BCUT2D eigenvalue weighted by atomic mass is 10.1. The van der Waals surface area contributed by atoms with Gasteiger partial charge in [0.25, 0.3) is 5.91 Å². The highest BCUT2D eigenvalue weighted by molar-refractivity contribution is 5.94. The van der Waals surface area contributed by atoms with E-state index in [4.69, 9.17) is 5.11 Å². The number of carbonyl (C=O) groups is 2. The molecule has 21 heavy (non-hydrogen) atoms. The minimum atomic E-state index is -4.53. The SMILES string of the molecule is CCCCC(NC(=O)c1ccc(C(F)(F)F)cn1)C(=O)O. The van der Waals surface area contributed by atoms with Crippen LogP contribution in [0, 0.1) is 0 Å². The monoisotopic (exact) mass is 304 g/mol. The third-order valence-corrected chi connectivity index (χ3v) is 2.77. The molecule has 1 unspecified atom stereocenters. The number of aromatic nitrogens is 1. The fraction of sp³-hybridized carbons (Fsp3) is 0.462. The number of halogens is 3. The lowest BCUT2D eigenvalue weighted by Gasteiger charge is -2.14. The molecule has 1 amide bonds. The van der Waals surface area contributed by atoms with E-state index >= 15 is 0 Å².